The zero-order valence-corrected chi connectivity index (χ0v) is 8.13. The lowest BCUT2D eigenvalue weighted by Gasteiger charge is -2.03. The Kier molecular flexibility index (Phi) is 2.10. The van der Waals surface area contributed by atoms with Crippen molar-refractivity contribution in [2.45, 2.75) is 26.2 Å². The Labute approximate surface area is 78.8 Å². The molecular weight excluding hydrogens is 163 g/mol. The van der Waals surface area contributed by atoms with Crippen molar-refractivity contribution in [3.05, 3.63) is 35.6 Å². The highest BCUT2D eigenvalue weighted by molar-refractivity contribution is 5.26. The maximum Gasteiger partial charge on any atom is 0.123 e. The molecule has 0 N–H and O–H groups in total. The van der Waals surface area contributed by atoms with Crippen molar-refractivity contribution in [3.8, 4) is 0 Å². The van der Waals surface area contributed by atoms with Gasteiger partial charge in [-0.3, -0.25) is 0 Å². The molecule has 0 bridgehead atoms. The predicted octanol–water partition coefficient (Wildman–Crippen LogP) is 3.59. The number of hydrogen-bond acceptors (Lipinski definition) is 0. The Hall–Kier alpha value is -0.850. The minimum Gasteiger partial charge on any atom is -0.207 e. The molecule has 2 rings (SSSR count). The summed E-state index contributed by atoms with van der Waals surface area (Å²) in [6, 6.07) is 6.96. The Bertz CT molecular complexity index is 286. The van der Waals surface area contributed by atoms with Gasteiger partial charge in [-0.15, -0.1) is 0 Å². The molecule has 1 saturated carbocycles. The summed E-state index contributed by atoms with van der Waals surface area (Å²) >= 11 is 0. The van der Waals surface area contributed by atoms with Gasteiger partial charge in [-0.1, -0.05) is 26.0 Å². The molecule has 0 aliphatic heterocycles. The molecule has 1 fully saturated rings. The van der Waals surface area contributed by atoms with E-state index in [1.54, 1.807) is 12.1 Å². The molecule has 0 nitrogen and oxygen atoms in total. The van der Waals surface area contributed by atoms with E-state index in [9.17, 15) is 4.39 Å². The second-order valence-electron chi connectivity index (χ2n) is 4.30. The Balaban J connectivity index is 2.08. The zero-order valence-electron chi connectivity index (χ0n) is 8.13. The monoisotopic (exact) mass is 178 g/mol. The summed E-state index contributed by atoms with van der Waals surface area (Å²) in [5.41, 5.74) is 1.31. The fraction of sp³-hybridized carbons (Fsp3) is 0.500. The molecule has 2 atom stereocenters. The van der Waals surface area contributed by atoms with E-state index in [0.717, 1.165) is 11.8 Å². The van der Waals surface area contributed by atoms with E-state index in [-0.39, 0.29) is 5.82 Å². The molecule has 0 spiro atoms. The number of rotatable bonds is 2. The Morgan fingerprint density at radius 1 is 1.23 bits per heavy atom. The summed E-state index contributed by atoms with van der Waals surface area (Å²) in [5.74, 6) is 2.15. The second-order valence-corrected chi connectivity index (χ2v) is 4.30. The van der Waals surface area contributed by atoms with Crippen molar-refractivity contribution in [2.24, 2.45) is 11.8 Å². The van der Waals surface area contributed by atoms with Gasteiger partial charge in [0.15, 0.2) is 0 Å². The molecule has 0 aromatic heterocycles. The summed E-state index contributed by atoms with van der Waals surface area (Å²) in [5, 5.41) is 0. The molecule has 1 heteroatoms. The Morgan fingerprint density at radius 2 is 1.85 bits per heavy atom. The van der Waals surface area contributed by atoms with Crippen LogP contribution in [0, 0.1) is 17.7 Å². The number of hydrogen-bond donors (Lipinski definition) is 0. The average molecular weight is 178 g/mol. The van der Waals surface area contributed by atoms with Crippen molar-refractivity contribution < 1.29 is 4.39 Å². The highest BCUT2D eigenvalue weighted by Crippen LogP contribution is 2.51. The van der Waals surface area contributed by atoms with Crippen molar-refractivity contribution in [3.63, 3.8) is 0 Å². The largest absolute Gasteiger partial charge is 0.207 e. The lowest BCUT2D eigenvalue weighted by Crippen LogP contribution is -1.92. The summed E-state index contributed by atoms with van der Waals surface area (Å²) in [7, 11) is 0. The minimum absolute atomic E-state index is 0.134. The molecule has 70 valence electrons. The lowest BCUT2D eigenvalue weighted by molar-refractivity contribution is 0.548. The third-order valence-corrected chi connectivity index (χ3v) is 2.99. The van der Waals surface area contributed by atoms with E-state index in [1.165, 1.54) is 12.0 Å². The smallest absolute Gasteiger partial charge is 0.123 e. The van der Waals surface area contributed by atoms with Crippen LogP contribution in [0.25, 0.3) is 0 Å². The summed E-state index contributed by atoms with van der Waals surface area (Å²) < 4.78 is 12.6. The summed E-state index contributed by atoms with van der Waals surface area (Å²) in [6.45, 7) is 4.52. The van der Waals surface area contributed by atoms with Crippen molar-refractivity contribution in [1.82, 2.24) is 0 Å². The van der Waals surface area contributed by atoms with Gasteiger partial charge in [0.2, 0.25) is 0 Å². The maximum atomic E-state index is 12.6. The topological polar surface area (TPSA) is 0 Å². The molecule has 0 heterocycles. The molecule has 1 aliphatic carbocycles. The van der Waals surface area contributed by atoms with E-state index < -0.39 is 0 Å². The van der Waals surface area contributed by atoms with Gasteiger partial charge >= 0.3 is 0 Å². The molecule has 1 aromatic rings. The summed E-state index contributed by atoms with van der Waals surface area (Å²) in [6.07, 6.45) is 1.28. The standard InChI is InChI=1S/C12H15F/c1-8(2)11-7-12(11)9-3-5-10(13)6-4-9/h3-6,8,11-12H,7H2,1-2H3/t11-,12+/m0/s1. The minimum atomic E-state index is -0.134. The van der Waals surface area contributed by atoms with Crippen LogP contribution in [-0.2, 0) is 0 Å². The summed E-state index contributed by atoms with van der Waals surface area (Å²) in [4.78, 5) is 0. The normalized spacial score (nSPS) is 26.5. The first-order chi connectivity index (χ1) is 6.18. The second kappa shape index (κ2) is 3.13. The van der Waals surface area contributed by atoms with Crippen molar-refractivity contribution in [2.75, 3.05) is 0 Å². The molecule has 0 unspecified atom stereocenters. The van der Waals surface area contributed by atoms with Gasteiger partial charge < -0.3 is 0 Å². The van der Waals surface area contributed by atoms with E-state index >= 15 is 0 Å². The van der Waals surface area contributed by atoms with E-state index in [2.05, 4.69) is 13.8 Å². The molecule has 0 saturated heterocycles. The number of halogens is 1. The lowest BCUT2D eigenvalue weighted by atomic mass is 10.0. The van der Waals surface area contributed by atoms with Crippen LogP contribution in [-0.4, -0.2) is 0 Å². The molecular formula is C12H15F. The first-order valence-corrected chi connectivity index (χ1v) is 4.94. The zero-order chi connectivity index (χ0) is 9.42. The van der Waals surface area contributed by atoms with Gasteiger partial charge in [0.1, 0.15) is 5.82 Å². The van der Waals surface area contributed by atoms with Gasteiger partial charge in [-0.05, 0) is 41.9 Å². The van der Waals surface area contributed by atoms with Crippen molar-refractivity contribution in [1.29, 1.82) is 0 Å². The Morgan fingerprint density at radius 3 is 2.31 bits per heavy atom. The number of benzene rings is 1. The van der Waals surface area contributed by atoms with Gasteiger partial charge in [0, 0.05) is 0 Å². The van der Waals surface area contributed by atoms with Crippen LogP contribution in [0.5, 0.6) is 0 Å². The van der Waals surface area contributed by atoms with Crippen LogP contribution < -0.4 is 0 Å². The third-order valence-electron chi connectivity index (χ3n) is 2.99. The fourth-order valence-corrected chi connectivity index (χ4v) is 2.04. The van der Waals surface area contributed by atoms with Gasteiger partial charge in [0.05, 0.1) is 0 Å². The van der Waals surface area contributed by atoms with Crippen LogP contribution in [0.2, 0.25) is 0 Å². The van der Waals surface area contributed by atoms with Crippen LogP contribution in [0.4, 0.5) is 4.39 Å². The van der Waals surface area contributed by atoms with Crippen LogP contribution >= 0.6 is 0 Å². The maximum absolute atomic E-state index is 12.6. The SMILES string of the molecule is CC(C)[C@@H]1C[C@@H]1c1ccc(F)cc1. The highest BCUT2D eigenvalue weighted by atomic mass is 19.1. The van der Waals surface area contributed by atoms with Gasteiger partial charge in [-0.2, -0.15) is 0 Å². The predicted molar refractivity (Wildman–Crippen MR) is 52.1 cm³/mol. The molecule has 0 radical (unpaired) electrons. The first-order valence-electron chi connectivity index (χ1n) is 4.94. The van der Waals surface area contributed by atoms with Crippen LogP contribution in [0.3, 0.4) is 0 Å². The van der Waals surface area contributed by atoms with Gasteiger partial charge in [-0.25, -0.2) is 4.39 Å². The van der Waals surface area contributed by atoms with E-state index in [4.69, 9.17) is 0 Å². The molecule has 0 amide bonds. The molecule has 1 aromatic carbocycles. The highest BCUT2D eigenvalue weighted by Gasteiger charge is 2.39. The fourth-order valence-electron chi connectivity index (χ4n) is 2.04. The first kappa shape index (κ1) is 8.74. The third kappa shape index (κ3) is 1.74. The molecule has 1 aliphatic rings. The molecule has 13 heavy (non-hydrogen) atoms. The van der Waals surface area contributed by atoms with Crippen LogP contribution in [0.15, 0.2) is 24.3 Å². The quantitative estimate of drug-likeness (QED) is 0.649. The van der Waals surface area contributed by atoms with Gasteiger partial charge in [0.25, 0.3) is 0 Å². The average Bonchev–Trinajstić information content (AvgIpc) is 2.85. The van der Waals surface area contributed by atoms with E-state index in [1.807, 2.05) is 12.1 Å². The van der Waals surface area contributed by atoms with E-state index in [0.29, 0.717) is 5.92 Å². The van der Waals surface area contributed by atoms with Crippen molar-refractivity contribution >= 4 is 0 Å². The van der Waals surface area contributed by atoms with Crippen LogP contribution in [0.1, 0.15) is 31.7 Å².